The standard InChI is InChI=1S/C13H17NO2/c1-9-7-8-10(2)14(9)12-6-4-3-5-11(12)13(15)16/h3-6,9-10H,7-8H2,1-2H3,(H,15,16)/t9-,10-/m1/s1. The van der Waals surface area contributed by atoms with Crippen molar-refractivity contribution in [2.24, 2.45) is 0 Å². The molecule has 1 aromatic carbocycles. The Balaban J connectivity index is 2.43. The third-order valence-corrected chi connectivity index (χ3v) is 3.36. The summed E-state index contributed by atoms with van der Waals surface area (Å²) in [4.78, 5) is 13.4. The Morgan fingerprint density at radius 2 is 1.81 bits per heavy atom. The van der Waals surface area contributed by atoms with Gasteiger partial charge in [0.05, 0.1) is 11.3 Å². The van der Waals surface area contributed by atoms with Gasteiger partial charge in [0.2, 0.25) is 0 Å². The Bertz CT molecular complexity index is 393. The quantitative estimate of drug-likeness (QED) is 0.831. The number of carbonyl (C=O) groups is 1. The van der Waals surface area contributed by atoms with Crippen LogP contribution in [-0.2, 0) is 0 Å². The summed E-state index contributed by atoms with van der Waals surface area (Å²) < 4.78 is 0. The SMILES string of the molecule is C[C@@H]1CC[C@@H](C)N1c1ccccc1C(=O)O. The monoisotopic (exact) mass is 219 g/mol. The van der Waals surface area contributed by atoms with E-state index in [0.717, 1.165) is 18.5 Å². The molecule has 16 heavy (non-hydrogen) atoms. The number of anilines is 1. The van der Waals surface area contributed by atoms with Gasteiger partial charge in [-0.15, -0.1) is 0 Å². The fourth-order valence-electron chi connectivity index (χ4n) is 2.55. The summed E-state index contributed by atoms with van der Waals surface area (Å²) in [5, 5.41) is 9.17. The van der Waals surface area contributed by atoms with Crippen LogP contribution in [0, 0.1) is 0 Å². The maximum Gasteiger partial charge on any atom is 0.337 e. The van der Waals surface area contributed by atoms with Gasteiger partial charge in [-0.1, -0.05) is 12.1 Å². The number of hydrogen-bond acceptors (Lipinski definition) is 2. The van der Waals surface area contributed by atoms with Crippen LogP contribution in [0.15, 0.2) is 24.3 Å². The summed E-state index contributed by atoms with van der Waals surface area (Å²) in [5.74, 6) is -0.845. The molecule has 1 fully saturated rings. The average molecular weight is 219 g/mol. The van der Waals surface area contributed by atoms with Crippen molar-refractivity contribution in [2.45, 2.75) is 38.8 Å². The highest BCUT2D eigenvalue weighted by atomic mass is 16.4. The van der Waals surface area contributed by atoms with Gasteiger partial charge in [-0.05, 0) is 38.8 Å². The molecule has 2 atom stereocenters. The van der Waals surface area contributed by atoms with E-state index in [1.165, 1.54) is 0 Å². The van der Waals surface area contributed by atoms with Crippen LogP contribution in [0.2, 0.25) is 0 Å². The zero-order chi connectivity index (χ0) is 11.7. The number of rotatable bonds is 2. The molecule has 0 radical (unpaired) electrons. The molecule has 86 valence electrons. The second kappa shape index (κ2) is 4.16. The molecule has 1 N–H and O–H groups in total. The fourth-order valence-corrected chi connectivity index (χ4v) is 2.55. The van der Waals surface area contributed by atoms with Crippen LogP contribution in [0.3, 0.4) is 0 Å². The summed E-state index contributed by atoms with van der Waals surface area (Å²) >= 11 is 0. The number of benzene rings is 1. The smallest absolute Gasteiger partial charge is 0.337 e. The van der Waals surface area contributed by atoms with E-state index in [2.05, 4.69) is 18.7 Å². The zero-order valence-electron chi connectivity index (χ0n) is 9.68. The normalized spacial score (nSPS) is 24.8. The first kappa shape index (κ1) is 11.0. The Labute approximate surface area is 95.7 Å². The molecule has 1 aromatic rings. The molecule has 2 rings (SSSR count). The van der Waals surface area contributed by atoms with Gasteiger partial charge in [-0.2, -0.15) is 0 Å². The van der Waals surface area contributed by atoms with Gasteiger partial charge in [0.25, 0.3) is 0 Å². The van der Waals surface area contributed by atoms with E-state index in [-0.39, 0.29) is 0 Å². The highest BCUT2D eigenvalue weighted by Gasteiger charge is 2.29. The minimum absolute atomic E-state index is 0.406. The van der Waals surface area contributed by atoms with Crippen LogP contribution in [0.5, 0.6) is 0 Å². The van der Waals surface area contributed by atoms with Crippen molar-refractivity contribution in [3.8, 4) is 0 Å². The molecule has 3 nitrogen and oxygen atoms in total. The zero-order valence-corrected chi connectivity index (χ0v) is 9.68. The van der Waals surface area contributed by atoms with E-state index in [0.29, 0.717) is 17.6 Å². The molecule has 0 aliphatic carbocycles. The second-order valence-electron chi connectivity index (χ2n) is 4.50. The van der Waals surface area contributed by atoms with E-state index in [1.54, 1.807) is 12.1 Å². The predicted molar refractivity (Wildman–Crippen MR) is 64.0 cm³/mol. The summed E-state index contributed by atoms with van der Waals surface area (Å²) in [7, 11) is 0. The molecular weight excluding hydrogens is 202 g/mol. The van der Waals surface area contributed by atoms with E-state index in [9.17, 15) is 9.90 Å². The molecule has 0 aromatic heterocycles. The first-order chi connectivity index (χ1) is 7.61. The van der Waals surface area contributed by atoms with Crippen molar-refractivity contribution < 1.29 is 9.90 Å². The van der Waals surface area contributed by atoms with Crippen LogP contribution in [0.25, 0.3) is 0 Å². The molecular formula is C13H17NO2. The fraction of sp³-hybridized carbons (Fsp3) is 0.462. The van der Waals surface area contributed by atoms with Crippen molar-refractivity contribution in [1.29, 1.82) is 0 Å². The van der Waals surface area contributed by atoms with E-state index in [4.69, 9.17) is 0 Å². The number of hydrogen-bond donors (Lipinski definition) is 1. The Morgan fingerprint density at radius 1 is 1.25 bits per heavy atom. The molecule has 1 saturated heterocycles. The van der Waals surface area contributed by atoms with Gasteiger partial charge in [-0.3, -0.25) is 0 Å². The summed E-state index contributed by atoms with van der Waals surface area (Å²) in [5.41, 5.74) is 1.26. The Hall–Kier alpha value is -1.51. The molecule has 0 bridgehead atoms. The van der Waals surface area contributed by atoms with Crippen LogP contribution < -0.4 is 4.90 Å². The largest absolute Gasteiger partial charge is 0.478 e. The summed E-state index contributed by atoms with van der Waals surface area (Å²) in [6.07, 6.45) is 2.27. The lowest BCUT2D eigenvalue weighted by molar-refractivity contribution is 0.0697. The maximum absolute atomic E-state index is 11.2. The number of para-hydroxylation sites is 1. The maximum atomic E-state index is 11.2. The highest BCUT2D eigenvalue weighted by molar-refractivity contribution is 5.94. The molecule has 1 heterocycles. The predicted octanol–water partition coefficient (Wildman–Crippen LogP) is 2.76. The van der Waals surface area contributed by atoms with Crippen molar-refractivity contribution >= 4 is 11.7 Å². The first-order valence-electron chi connectivity index (χ1n) is 5.72. The van der Waals surface area contributed by atoms with Gasteiger partial charge < -0.3 is 10.0 Å². The van der Waals surface area contributed by atoms with Crippen molar-refractivity contribution in [2.75, 3.05) is 4.90 Å². The van der Waals surface area contributed by atoms with Crippen LogP contribution in [0.4, 0.5) is 5.69 Å². The molecule has 0 unspecified atom stereocenters. The molecule has 0 spiro atoms. The van der Waals surface area contributed by atoms with Crippen LogP contribution in [-0.4, -0.2) is 23.2 Å². The van der Waals surface area contributed by atoms with Gasteiger partial charge in [0, 0.05) is 12.1 Å². The van der Waals surface area contributed by atoms with Gasteiger partial charge >= 0.3 is 5.97 Å². The van der Waals surface area contributed by atoms with Gasteiger partial charge in [0.1, 0.15) is 0 Å². The van der Waals surface area contributed by atoms with Crippen LogP contribution >= 0.6 is 0 Å². The van der Waals surface area contributed by atoms with Crippen molar-refractivity contribution in [3.05, 3.63) is 29.8 Å². The third kappa shape index (κ3) is 1.77. The summed E-state index contributed by atoms with van der Waals surface area (Å²) in [6.45, 7) is 4.31. The van der Waals surface area contributed by atoms with E-state index >= 15 is 0 Å². The lowest BCUT2D eigenvalue weighted by Crippen LogP contribution is -2.33. The Morgan fingerprint density at radius 3 is 2.38 bits per heavy atom. The number of nitrogens with zero attached hydrogens (tertiary/aromatic N) is 1. The lowest BCUT2D eigenvalue weighted by atomic mass is 10.1. The molecule has 1 aliphatic heterocycles. The molecule has 3 heteroatoms. The second-order valence-corrected chi connectivity index (χ2v) is 4.50. The highest BCUT2D eigenvalue weighted by Crippen LogP contribution is 2.32. The number of carboxylic acid groups (broad SMARTS) is 1. The minimum atomic E-state index is -0.845. The minimum Gasteiger partial charge on any atom is -0.478 e. The topological polar surface area (TPSA) is 40.5 Å². The Kier molecular flexibility index (Phi) is 2.86. The van der Waals surface area contributed by atoms with Crippen molar-refractivity contribution in [3.63, 3.8) is 0 Å². The molecule has 0 saturated carbocycles. The number of aromatic carboxylic acids is 1. The van der Waals surface area contributed by atoms with Crippen LogP contribution in [0.1, 0.15) is 37.0 Å². The van der Waals surface area contributed by atoms with Crippen molar-refractivity contribution in [1.82, 2.24) is 0 Å². The molecule has 1 aliphatic rings. The van der Waals surface area contributed by atoms with E-state index < -0.39 is 5.97 Å². The summed E-state index contributed by atoms with van der Waals surface area (Å²) in [6, 6.07) is 8.11. The average Bonchev–Trinajstić information content (AvgIpc) is 2.58. The lowest BCUT2D eigenvalue weighted by Gasteiger charge is -2.29. The van der Waals surface area contributed by atoms with Gasteiger partial charge in [-0.25, -0.2) is 4.79 Å². The number of carboxylic acids is 1. The van der Waals surface area contributed by atoms with Gasteiger partial charge in [0.15, 0.2) is 0 Å². The van der Waals surface area contributed by atoms with E-state index in [1.807, 2.05) is 12.1 Å². The third-order valence-electron chi connectivity index (χ3n) is 3.36. The first-order valence-corrected chi connectivity index (χ1v) is 5.72. The molecule has 0 amide bonds.